The highest BCUT2D eigenvalue weighted by atomic mass is 35.5. The van der Waals surface area contributed by atoms with Gasteiger partial charge in [0.25, 0.3) is 0 Å². The van der Waals surface area contributed by atoms with Crippen molar-refractivity contribution in [2.45, 2.75) is 12.5 Å². The number of benzene rings is 2. The van der Waals surface area contributed by atoms with Crippen molar-refractivity contribution in [2.75, 3.05) is 6.54 Å². The standard InChI is InChI=1S/C15H15N.ClH/c1-2-7-13(8-3-1)15-14-9-5-4-6-12(14)10-11-16-15;/h1-9,15-16H,10-11H2;1H/t15-;/m1./s1. The van der Waals surface area contributed by atoms with Gasteiger partial charge in [-0.3, -0.25) is 0 Å². The molecule has 0 aromatic heterocycles. The van der Waals surface area contributed by atoms with Crippen LogP contribution < -0.4 is 5.32 Å². The predicted molar refractivity (Wildman–Crippen MR) is 73.7 cm³/mol. The van der Waals surface area contributed by atoms with E-state index in [0.29, 0.717) is 6.04 Å². The van der Waals surface area contributed by atoms with Crippen LogP contribution in [0.25, 0.3) is 0 Å². The van der Waals surface area contributed by atoms with Crippen molar-refractivity contribution < 1.29 is 0 Å². The van der Waals surface area contributed by atoms with Gasteiger partial charge in [0.1, 0.15) is 0 Å². The molecule has 0 unspecified atom stereocenters. The molecule has 3 rings (SSSR count). The SMILES string of the molecule is Cl.c1ccc([C@H]2NCCc3ccccc32)cc1. The number of rotatable bonds is 1. The molecule has 1 aliphatic heterocycles. The molecule has 0 amide bonds. The van der Waals surface area contributed by atoms with Gasteiger partial charge < -0.3 is 5.32 Å². The van der Waals surface area contributed by atoms with Gasteiger partial charge in [0, 0.05) is 6.54 Å². The topological polar surface area (TPSA) is 12.0 Å². The Labute approximate surface area is 108 Å². The Kier molecular flexibility index (Phi) is 3.82. The zero-order valence-corrected chi connectivity index (χ0v) is 10.4. The third-order valence-corrected chi connectivity index (χ3v) is 3.24. The van der Waals surface area contributed by atoms with Gasteiger partial charge in [0.15, 0.2) is 0 Å². The zero-order chi connectivity index (χ0) is 10.8. The summed E-state index contributed by atoms with van der Waals surface area (Å²) in [5.41, 5.74) is 4.27. The van der Waals surface area contributed by atoms with Gasteiger partial charge in [-0.25, -0.2) is 0 Å². The summed E-state index contributed by atoms with van der Waals surface area (Å²) in [5.74, 6) is 0. The van der Waals surface area contributed by atoms with E-state index in [2.05, 4.69) is 59.9 Å². The maximum absolute atomic E-state index is 3.59. The molecule has 0 saturated heterocycles. The first-order valence-corrected chi connectivity index (χ1v) is 5.81. The monoisotopic (exact) mass is 245 g/mol. The lowest BCUT2D eigenvalue weighted by Crippen LogP contribution is -2.30. The molecule has 2 aromatic rings. The van der Waals surface area contributed by atoms with Crippen molar-refractivity contribution in [3.8, 4) is 0 Å². The minimum absolute atomic E-state index is 0. The highest BCUT2D eigenvalue weighted by Gasteiger charge is 2.19. The van der Waals surface area contributed by atoms with Crippen LogP contribution in [0.15, 0.2) is 54.6 Å². The summed E-state index contributed by atoms with van der Waals surface area (Å²) in [6, 6.07) is 19.8. The molecule has 88 valence electrons. The molecular weight excluding hydrogens is 230 g/mol. The van der Waals surface area contributed by atoms with Crippen LogP contribution in [0.4, 0.5) is 0 Å². The average Bonchev–Trinajstić information content (AvgIpc) is 2.39. The van der Waals surface area contributed by atoms with Crippen LogP contribution in [0.2, 0.25) is 0 Å². The van der Waals surface area contributed by atoms with Crippen LogP contribution >= 0.6 is 12.4 Å². The molecule has 2 heteroatoms. The van der Waals surface area contributed by atoms with E-state index in [0.717, 1.165) is 13.0 Å². The van der Waals surface area contributed by atoms with Gasteiger partial charge in [-0.05, 0) is 23.1 Å². The summed E-state index contributed by atoms with van der Waals surface area (Å²) >= 11 is 0. The van der Waals surface area contributed by atoms with Gasteiger partial charge in [-0.15, -0.1) is 12.4 Å². The molecule has 1 aliphatic rings. The van der Waals surface area contributed by atoms with Crippen molar-refractivity contribution in [1.29, 1.82) is 0 Å². The maximum Gasteiger partial charge on any atom is 0.0579 e. The van der Waals surface area contributed by atoms with Crippen LogP contribution in [0, 0.1) is 0 Å². The summed E-state index contributed by atoms with van der Waals surface area (Å²) in [6.45, 7) is 1.07. The second-order valence-electron chi connectivity index (χ2n) is 4.25. The quantitative estimate of drug-likeness (QED) is 0.813. The lowest BCUT2D eigenvalue weighted by molar-refractivity contribution is 0.568. The maximum atomic E-state index is 3.59. The van der Waals surface area contributed by atoms with Crippen molar-refractivity contribution in [3.05, 3.63) is 71.3 Å². The molecule has 0 spiro atoms. The van der Waals surface area contributed by atoms with Gasteiger partial charge >= 0.3 is 0 Å². The van der Waals surface area contributed by atoms with Crippen molar-refractivity contribution >= 4 is 12.4 Å². The second kappa shape index (κ2) is 5.35. The summed E-state index contributed by atoms with van der Waals surface area (Å²) in [5, 5.41) is 3.59. The third kappa shape index (κ3) is 2.36. The normalized spacial score (nSPS) is 18.0. The second-order valence-corrected chi connectivity index (χ2v) is 4.25. The molecule has 0 saturated carbocycles. The van der Waals surface area contributed by atoms with Gasteiger partial charge in [-0.2, -0.15) is 0 Å². The van der Waals surface area contributed by atoms with Crippen LogP contribution in [-0.2, 0) is 6.42 Å². The highest BCUT2D eigenvalue weighted by Crippen LogP contribution is 2.27. The molecule has 0 bridgehead atoms. The number of nitrogens with one attached hydrogen (secondary N) is 1. The molecule has 0 radical (unpaired) electrons. The van der Waals surface area contributed by atoms with Crippen LogP contribution in [-0.4, -0.2) is 6.54 Å². The van der Waals surface area contributed by atoms with E-state index in [4.69, 9.17) is 0 Å². The van der Waals surface area contributed by atoms with Crippen LogP contribution in [0.3, 0.4) is 0 Å². The molecule has 2 aromatic carbocycles. The van der Waals surface area contributed by atoms with Gasteiger partial charge in [0.2, 0.25) is 0 Å². The summed E-state index contributed by atoms with van der Waals surface area (Å²) < 4.78 is 0. The molecular formula is C15H16ClN. The van der Waals surface area contributed by atoms with E-state index < -0.39 is 0 Å². The first-order chi connectivity index (χ1) is 7.95. The van der Waals surface area contributed by atoms with Crippen molar-refractivity contribution in [3.63, 3.8) is 0 Å². The van der Waals surface area contributed by atoms with Crippen LogP contribution in [0.5, 0.6) is 0 Å². The van der Waals surface area contributed by atoms with E-state index in [-0.39, 0.29) is 12.4 Å². The number of halogens is 1. The lowest BCUT2D eigenvalue weighted by atomic mass is 9.90. The number of hydrogen-bond donors (Lipinski definition) is 1. The smallest absolute Gasteiger partial charge is 0.0579 e. The Morgan fingerprint density at radius 1 is 0.882 bits per heavy atom. The summed E-state index contributed by atoms with van der Waals surface area (Å²) in [4.78, 5) is 0. The molecule has 1 heterocycles. The highest BCUT2D eigenvalue weighted by molar-refractivity contribution is 5.85. The molecule has 1 N–H and O–H groups in total. The number of hydrogen-bond acceptors (Lipinski definition) is 1. The minimum atomic E-state index is 0. The van der Waals surface area contributed by atoms with E-state index in [1.807, 2.05) is 0 Å². The predicted octanol–water partition coefficient (Wildman–Crippen LogP) is 3.34. The van der Waals surface area contributed by atoms with Gasteiger partial charge in [0.05, 0.1) is 6.04 Å². The van der Waals surface area contributed by atoms with Crippen LogP contribution in [0.1, 0.15) is 22.7 Å². The first kappa shape index (κ1) is 12.2. The molecule has 17 heavy (non-hydrogen) atoms. The van der Waals surface area contributed by atoms with E-state index in [1.54, 1.807) is 0 Å². The molecule has 1 nitrogen and oxygen atoms in total. The molecule has 1 atom stereocenters. The first-order valence-electron chi connectivity index (χ1n) is 5.81. The fourth-order valence-corrected chi connectivity index (χ4v) is 2.45. The Balaban J connectivity index is 0.00000108. The average molecular weight is 246 g/mol. The Bertz CT molecular complexity index is 481. The lowest BCUT2D eigenvalue weighted by Gasteiger charge is -2.27. The Morgan fingerprint density at radius 3 is 2.41 bits per heavy atom. The molecule has 0 fully saturated rings. The molecule has 0 aliphatic carbocycles. The summed E-state index contributed by atoms with van der Waals surface area (Å²) in [7, 11) is 0. The zero-order valence-electron chi connectivity index (χ0n) is 9.60. The fourth-order valence-electron chi connectivity index (χ4n) is 2.45. The Hall–Kier alpha value is -1.31. The largest absolute Gasteiger partial charge is 0.306 e. The fraction of sp³-hybridized carbons (Fsp3) is 0.200. The van der Waals surface area contributed by atoms with Gasteiger partial charge in [-0.1, -0.05) is 54.6 Å². The van der Waals surface area contributed by atoms with E-state index >= 15 is 0 Å². The van der Waals surface area contributed by atoms with Crippen molar-refractivity contribution in [2.24, 2.45) is 0 Å². The van der Waals surface area contributed by atoms with Crippen molar-refractivity contribution in [1.82, 2.24) is 5.32 Å². The van der Waals surface area contributed by atoms with E-state index in [9.17, 15) is 0 Å². The van der Waals surface area contributed by atoms with E-state index in [1.165, 1.54) is 16.7 Å². The number of fused-ring (bicyclic) bond motifs is 1. The third-order valence-electron chi connectivity index (χ3n) is 3.24. The Morgan fingerprint density at radius 2 is 1.59 bits per heavy atom. The minimum Gasteiger partial charge on any atom is -0.306 e. The summed E-state index contributed by atoms with van der Waals surface area (Å²) in [6.07, 6.45) is 1.14.